The summed E-state index contributed by atoms with van der Waals surface area (Å²) < 4.78 is 53.2. The lowest BCUT2D eigenvalue weighted by molar-refractivity contribution is -0.140. The van der Waals surface area contributed by atoms with Crippen molar-refractivity contribution in [3.05, 3.63) is 84.2 Å². The topological polar surface area (TPSA) is 105 Å². The Kier molecular flexibility index (Phi) is 11.2. The molecule has 0 heterocycles. The van der Waals surface area contributed by atoms with Crippen LogP contribution in [-0.2, 0) is 26.2 Å². The first-order valence-corrected chi connectivity index (χ1v) is 16.3. The molecule has 1 aliphatic carbocycles. The lowest BCUT2D eigenvalue weighted by Gasteiger charge is -2.34. The summed E-state index contributed by atoms with van der Waals surface area (Å²) in [4.78, 5) is 29.2. The molecule has 3 aromatic rings. The van der Waals surface area contributed by atoms with Gasteiger partial charge in [-0.3, -0.25) is 13.9 Å². The average Bonchev–Trinajstić information content (AvgIpc) is 3.04. The molecule has 0 saturated heterocycles. The minimum Gasteiger partial charge on any atom is -0.497 e. The summed E-state index contributed by atoms with van der Waals surface area (Å²) in [5, 5.41) is 3.13. The van der Waals surface area contributed by atoms with Crippen molar-refractivity contribution in [2.75, 3.05) is 25.1 Å². The first-order chi connectivity index (χ1) is 21.2. The van der Waals surface area contributed by atoms with Gasteiger partial charge in [-0.05, 0) is 85.5 Å². The van der Waals surface area contributed by atoms with Crippen LogP contribution in [0, 0.1) is 5.82 Å². The third-order valence-corrected chi connectivity index (χ3v) is 9.68. The van der Waals surface area contributed by atoms with Crippen LogP contribution in [-0.4, -0.2) is 58.0 Å². The second-order valence-electron chi connectivity index (χ2n) is 10.8. The van der Waals surface area contributed by atoms with Crippen molar-refractivity contribution in [3.8, 4) is 11.5 Å². The summed E-state index contributed by atoms with van der Waals surface area (Å²) in [5.41, 5.74) is 0.856. The maximum atomic E-state index is 14.2. The molecule has 2 amide bonds. The van der Waals surface area contributed by atoms with E-state index in [1.165, 1.54) is 48.4 Å². The van der Waals surface area contributed by atoms with Crippen LogP contribution >= 0.6 is 0 Å². The van der Waals surface area contributed by atoms with Crippen LogP contribution in [0.15, 0.2) is 77.7 Å². The number of ether oxygens (including phenoxy) is 2. The smallest absolute Gasteiger partial charge is 0.264 e. The van der Waals surface area contributed by atoms with E-state index in [-0.39, 0.29) is 29.1 Å². The van der Waals surface area contributed by atoms with Crippen molar-refractivity contribution in [2.24, 2.45) is 0 Å². The number of benzene rings is 3. The van der Waals surface area contributed by atoms with Gasteiger partial charge in [0.1, 0.15) is 29.9 Å². The molecule has 1 saturated carbocycles. The zero-order valence-corrected chi connectivity index (χ0v) is 26.2. The highest BCUT2D eigenvalue weighted by Crippen LogP contribution is 2.27. The SMILES string of the molecule is CCC(C(=O)NC1CCCCC1)N(Cc1ccc(OC)cc1)C(=O)CN(c1ccc(F)cc1)S(=O)(=O)c1ccc(OC)cc1. The largest absolute Gasteiger partial charge is 0.497 e. The molecule has 236 valence electrons. The summed E-state index contributed by atoms with van der Waals surface area (Å²) in [5.74, 6) is -0.288. The van der Waals surface area contributed by atoms with E-state index in [2.05, 4.69) is 5.32 Å². The van der Waals surface area contributed by atoms with Crippen LogP contribution in [0.1, 0.15) is 51.0 Å². The second-order valence-corrected chi connectivity index (χ2v) is 12.7. The zero-order valence-electron chi connectivity index (χ0n) is 25.4. The highest BCUT2D eigenvalue weighted by atomic mass is 32.2. The molecule has 0 radical (unpaired) electrons. The van der Waals surface area contributed by atoms with E-state index in [1.54, 1.807) is 31.4 Å². The van der Waals surface area contributed by atoms with Gasteiger partial charge in [-0.15, -0.1) is 0 Å². The summed E-state index contributed by atoms with van der Waals surface area (Å²) in [6, 6.07) is 17.0. The second kappa shape index (κ2) is 15.1. The standard InChI is InChI=1S/C33H40FN3O6S/c1-4-31(33(39)35-26-8-6-5-7-9-26)36(22-24-10-16-28(42-2)17-11-24)32(38)23-37(27-14-12-25(34)13-15-27)44(40,41)30-20-18-29(43-3)19-21-30/h10-21,26,31H,4-9,22-23H2,1-3H3,(H,35,39). The molecule has 1 aliphatic rings. The third kappa shape index (κ3) is 8.07. The molecule has 0 aromatic heterocycles. The van der Waals surface area contributed by atoms with Gasteiger partial charge >= 0.3 is 0 Å². The molecule has 9 nitrogen and oxygen atoms in total. The first kappa shape index (κ1) is 32.8. The van der Waals surface area contributed by atoms with Gasteiger partial charge in [0, 0.05) is 12.6 Å². The van der Waals surface area contributed by atoms with Crippen LogP contribution in [0.3, 0.4) is 0 Å². The van der Waals surface area contributed by atoms with Gasteiger partial charge in [-0.2, -0.15) is 0 Å². The number of halogens is 1. The van der Waals surface area contributed by atoms with Crippen molar-refractivity contribution in [3.63, 3.8) is 0 Å². The number of nitrogens with zero attached hydrogens (tertiary/aromatic N) is 2. The Morgan fingerprint density at radius 3 is 2.00 bits per heavy atom. The van der Waals surface area contributed by atoms with E-state index in [0.717, 1.165) is 54.1 Å². The monoisotopic (exact) mass is 625 g/mol. The van der Waals surface area contributed by atoms with Gasteiger partial charge in [-0.25, -0.2) is 12.8 Å². The van der Waals surface area contributed by atoms with Crippen LogP contribution in [0.2, 0.25) is 0 Å². The molecule has 0 aliphatic heterocycles. The zero-order chi connectivity index (χ0) is 31.7. The molecule has 1 atom stereocenters. The summed E-state index contributed by atoms with van der Waals surface area (Å²) in [6.45, 7) is 1.29. The molecule has 1 N–H and O–H groups in total. The number of hydrogen-bond donors (Lipinski definition) is 1. The molecule has 4 rings (SSSR count). The van der Waals surface area contributed by atoms with E-state index in [0.29, 0.717) is 17.9 Å². The minimum atomic E-state index is -4.29. The fourth-order valence-electron chi connectivity index (χ4n) is 5.40. The lowest BCUT2D eigenvalue weighted by Crippen LogP contribution is -2.54. The molecule has 1 unspecified atom stereocenters. The van der Waals surface area contributed by atoms with E-state index in [1.807, 2.05) is 6.92 Å². The van der Waals surface area contributed by atoms with Gasteiger partial charge in [0.05, 0.1) is 24.8 Å². The fourth-order valence-corrected chi connectivity index (χ4v) is 6.82. The molecule has 0 bridgehead atoms. The van der Waals surface area contributed by atoms with E-state index in [9.17, 15) is 22.4 Å². The number of anilines is 1. The third-order valence-electron chi connectivity index (χ3n) is 7.89. The van der Waals surface area contributed by atoms with Crippen LogP contribution in [0.25, 0.3) is 0 Å². The van der Waals surface area contributed by atoms with Crippen molar-refractivity contribution < 1.29 is 31.9 Å². The fraction of sp³-hybridized carbons (Fsp3) is 0.394. The van der Waals surface area contributed by atoms with Crippen LogP contribution in [0.5, 0.6) is 11.5 Å². The van der Waals surface area contributed by atoms with E-state index >= 15 is 0 Å². The maximum Gasteiger partial charge on any atom is 0.264 e. The quantitative estimate of drug-likeness (QED) is 0.277. The van der Waals surface area contributed by atoms with E-state index in [4.69, 9.17) is 9.47 Å². The number of nitrogens with one attached hydrogen (secondary N) is 1. The number of rotatable bonds is 13. The number of carbonyl (C=O) groups is 2. The summed E-state index contributed by atoms with van der Waals surface area (Å²) >= 11 is 0. The molecule has 11 heteroatoms. The number of amides is 2. The van der Waals surface area contributed by atoms with E-state index < -0.39 is 34.3 Å². The van der Waals surface area contributed by atoms with Crippen molar-refractivity contribution >= 4 is 27.5 Å². The average molecular weight is 626 g/mol. The van der Waals surface area contributed by atoms with Gasteiger partial charge in [-0.1, -0.05) is 38.3 Å². The summed E-state index contributed by atoms with van der Waals surface area (Å²) in [7, 11) is -1.26. The number of sulfonamides is 1. The van der Waals surface area contributed by atoms with Gasteiger partial charge in [0.2, 0.25) is 11.8 Å². The minimum absolute atomic E-state index is 0.0365. The molecule has 0 spiro atoms. The molecular weight excluding hydrogens is 585 g/mol. The van der Waals surface area contributed by atoms with Gasteiger partial charge in [0.15, 0.2) is 0 Å². The Labute approximate surface area is 259 Å². The van der Waals surface area contributed by atoms with Crippen molar-refractivity contribution in [2.45, 2.75) is 69.0 Å². The number of carbonyl (C=O) groups excluding carboxylic acids is 2. The lowest BCUT2D eigenvalue weighted by atomic mass is 9.95. The Balaban J connectivity index is 1.70. The number of hydrogen-bond acceptors (Lipinski definition) is 6. The maximum absolute atomic E-state index is 14.2. The van der Waals surface area contributed by atoms with Crippen molar-refractivity contribution in [1.29, 1.82) is 0 Å². The first-order valence-electron chi connectivity index (χ1n) is 14.8. The molecule has 1 fully saturated rings. The predicted octanol–water partition coefficient (Wildman–Crippen LogP) is 5.29. The van der Waals surface area contributed by atoms with Gasteiger partial charge in [0.25, 0.3) is 10.0 Å². The normalized spacial score (nSPS) is 14.4. The molecule has 3 aromatic carbocycles. The van der Waals surface area contributed by atoms with Gasteiger partial charge < -0.3 is 19.7 Å². The Morgan fingerprint density at radius 2 is 1.45 bits per heavy atom. The Hall–Kier alpha value is -4.12. The summed E-state index contributed by atoms with van der Waals surface area (Å²) in [6.07, 6.45) is 5.29. The van der Waals surface area contributed by atoms with Crippen LogP contribution in [0.4, 0.5) is 10.1 Å². The Bertz CT molecular complexity index is 1490. The Morgan fingerprint density at radius 1 is 0.886 bits per heavy atom. The van der Waals surface area contributed by atoms with Crippen LogP contribution < -0.4 is 19.1 Å². The molecular formula is C33H40FN3O6S. The highest BCUT2D eigenvalue weighted by Gasteiger charge is 2.34. The predicted molar refractivity (Wildman–Crippen MR) is 167 cm³/mol. The number of methoxy groups -OCH3 is 2. The highest BCUT2D eigenvalue weighted by molar-refractivity contribution is 7.92. The van der Waals surface area contributed by atoms with Crippen molar-refractivity contribution in [1.82, 2.24) is 10.2 Å². The molecule has 44 heavy (non-hydrogen) atoms.